The molecule has 0 aliphatic rings. The Labute approximate surface area is 105 Å². The summed E-state index contributed by atoms with van der Waals surface area (Å²) in [7, 11) is 0. The molecule has 0 aliphatic heterocycles. The Balaban J connectivity index is 2.19. The first kappa shape index (κ1) is 11.9. The summed E-state index contributed by atoms with van der Waals surface area (Å²) in [6, 6.07) is 0.287. The highest BCUT2D eigenvalue weighted by Crippen LogP contribution is 2.26. The molecule has 2 aromatic heterocycles. The minimum Gasteiger partial charge on any atom is -0.394 e. The van der Waals surface area contributed by atoms with Crippen molar-refractivity contribution < 1.29 is 0 Å². The fourth-order valence-corrected chi connectivity index (χ4v) is 2.14. The van der Waals surface area contributed by atoms with Gasteiger partial charge in [-0.2, -0.15) is 5.10 Å². The average molecular weight is 251 g/mol. The summed E-state index contributed by atoms with van der Waals surface area (Å²) in [5.74, 6) is 0.894. The Bertz CT molecular complexity index is 486. The molecule has 0 saturated heterocycles. The number of nitrogens with zero attached hydrogens (tertiary/aromatic N) is 3. The van der Waals surface area contributed by atoms with Gasteiger partial charge in [-0.05, 0) is 20.8 Å². The summed E-state index contributed by atoms with van der Waals surface area (Å²) in [6.45, 7) is 6.83. The zero-order valence-corrected chi connectivity index (χ0v) is 11.1. The molecule has 0 radical (unpaired) electrons. The molecule has 2 heterocycles. The maximum absolute atomic E-state index is 6.02. The molecule has 0 unspecified atom stereocenters. The van der Waals surface area contributed by atoms with Gasteiger partial charge in [-0.1, -0.05) is 0 Å². The number of rotatable bonds is 4. The van der Waals surface area contributed by atoms with E-state index < -0.39 is 0 Å². The van der Waals surface area contributed by atoms with E-state index in [2.05, 4.69) is 29.2 Å². The third-order valence-electron chi connectivity index (χ3n) is 2.53. The second kappa shape index (κ2) is 4.75. The zero-order chi connectivity index (χ0) is 12.4. The van der Waals surface area contributed by atoms with Crippen molar-refractivity contribution in [2.75, 3.05) is 11.1 Å². The SMILES string of the molecule is Cc1nn(C(C)C)c(NCc2cncs2)c1N. The van der Waals surface area contributed by atoms with Crippen LogP contribution < -0.4 is 11.1 Å². The summed E-state index contributed by atoms with van der Waals surface area (Å²) in [5, 5.41) is 7.76. The highest BCUT2D eigenvalue weighted by molar-refractivity contribution is 7.09. The number of nitrogens with two attached hydrogens (primary N) is 1. The van der Waals surface area contributed by atoms with E-state index in [1.165, 1.54) is 4.88 Å². The molecule has 2 aromatic rings. The van der Waals surface area contributed by atoms with Crippen molar-refractivity contribution in [3.8, 4) is 0 Å². The van der Waals surface area contributed by atoms with Crippen molar-refractivity contribution in [3.05, 3.63) is 22.3 Å². The van der Waals surface area contributed by atoms with Crippen molar-refractivity contribution in [2.45, 2.75) is 33.4 Å². The van der Waals surface area contributed by atoms with Gasteiger partial charge in [-0.25, -0.2) is 4.68 Å². The summed E-state index contributed by atoms with van der Waals surface area (Å²) in [5.41, 5.74) is 9.44. The largest absolute Gasteiger partial charge is 0.394 e. The normalized spacial score (nSPS) is 11.1. The highest BCUT2D eigenvalue weighted by atomic mass is 32.1. The fourth-order valence-electron chi connectivity index (χ4n) is 1.61. The van der Waals surface area contributed by atoms with E-state index >= 15 is 0 Å². The molecule has 5 nitrogen and oxygen atoms in total. The molecule has 0 fully saturated rings. The zero-order valence-electron chi connectivity index (χ0n) is 10.3. The van der Waals surface area contributed by atoms with Crippen LogP contribution in [0, 0.1) is 6.92 Å². The molecule has 0 aliphatic carbocycles. The molecular formula is C11H17N5S. The van der Waals surface area contributed by atoms with Crippen LogP contribution in [0.5, 0.6) is 0 Å². The summed E-state index contributed by atoms with van der Waals surface area (Å²) in [4.78, 5) is 5.22. The van der Waals surface area contributed by atoms with Crippen molar-refractivity contribution in [1.29, 1.82) is 0 Å². The predicted molar refractivity (Wildman–Crippen MR) is 71.2 cm³/mol. The molecule has 6 heteroatoms. The van der Waals surface area contributed by atoms with Gasteiger partial charge in [0.1, 0.15) is 5.82 Å². The maximum Gasteiger partial charge on any atom is 0.148 e. The summed E-state index contributed by atoms with van der Waals surface area (Å²) >= 11 is 1.62. The number of nitrogens with one attached hydrogen (secondary N) is 1. The first-order valence-corrected chi connectivity index (χ1v) is 6.43. The minimum absolute atomic E-state index is 0.287. The van der Waals surface area contributed by atoms with Crippen molar-refractivity contribution >= 4 is 22.8 Å². The van der Waals surface area contributed by atoms with Gasteiger partial charge in [0.05, 0.1) is 23.4 Å². The highest BCUT2D eigenvalue weighted by Gasteiger charge is 2.14. The fraction of sp³-hybridized carbons (Fsp3) is 0.455. The third-order valence-corrected chi connectivity index (χ3v) is 3.31. The minimum atomic E-state index is 0.287. The number of aromatic nitrogens is 3. The molecule has 0 atom stereocenters. The molecule has 3 N–H and O–H groups in total. The molecule has 0 amide bonds. The number of hydrogen-bond donors (Lipinski definition) is 2. The Morgan fingerprint density at radius 3 is 2.88 bits per heavy atom. The van der Waals surface area contributed by atoms with Gasteiger partial charge < -0.3 is 11.1 Å². The number of nitrogen functional groups attached to an aromatic ring is 1. The molecule has 0 aromatic carbocycles. The Kier molecular flexibility index (Phi) is 3.33. The van der Waals surface area contributed by atoms with E-state index in [0.717, 1.165) is 23.7 Å². The Hall–Kier alpha value is -1.56. The topological polar surface area (TPSA) is 68.8 Å². The van der Waals surface area contributed by atoms with Crippen LogP contribution in [0.4, 0.5) is 11.5 Å². The van der Waals surface area contributed by atoms with Gasteiger partial charge in [0.25, 0.3) is 0 Å². The molecule has 17 heavy (non-hydrogen) atoms. The number of thiazole rings is 1. The van der Waals surface area contributed by atoms with E-state index in [9.17, 15) is 0 Å². The van der Waals surface area contributed by atoms with Crippen LogP contribution in [0.25, 0.3) is 0 Å². The van der Waals surface area contributed by atoms with Gasteiger partial charge in [0, 0.05) is 17.1 Å². The van der Waals surface area contributed by atoms with Gasteiger partial charge in [-0.3, -0.25) is 4.98 Å². The van der Waals surface area contributed by atoms with E-state index in [1.54, 1.807) is 11.3 Å². The van der Waals surface area contributed by atoms with Crippen LogP contribution in [-0.4, -0.2) is 14.8 Å². The lowest BCUT2D eigenvalue weighted by atomic mass is 10.3. The summed E-state index contributed by atoms with van der Waals surface area (Å²) < 4.78 is 1.92. The molecule has 2 rings (SSSR count). The van der Waals surface area contributed by atoms with Crippen LogP contribution in [0.3, 0.4) is 0 Å². The third kappa shape index (κ3) is 2.41. The molecular weight excluding hydrogens is 234 g/mol. The van der Waals surface area contributed by atoms with Crippen LogP contribution in [0.1, 0.15) is 30.5 Å². The van der Waals surface area contributed by atoms with Crippen LogP contribution in [0.15, 0.2) is 11.7 Å². The first-order valence-electron chi connectivity index (χ1n) is 5.55. The quantitative estimate of drug-likeness (QED) is 0.875. The summed E-state index contributed by atoms with van der Waals surface area (Å²) in [6.07, 6.45) is 1.86. The number of hydrogen-bond acceptors (Lipinski definition) is 5. The molecule has 0 spiro atoms. The lowest BCUT2D eigenvalue weighted by Crippen LogP contribution is -2.10. The van der Waals surface area contributed by atoms with Crippen LogP contribution >= 0.6 is 11.3 Å². The monoisotopic (exact) mass is 251 g/mol. The molecule has 92 valence electrons. The first-order chi connectivity index (χ1) is 8.09. The van der Waals surface area contributed by atoms with E-state index in [1.807, 2.05) is 23.3 Å². The molecule has 0 bridgehead atoms. The lowest BCUT2D eigenvalue weighted by Gasteiger charge is -2.12. The van der Waals surface area contributed by atoms with Gasteiger partial charge in [0.15, 0.2) is 0 Å². The van der Waals surface area contributed by atoms with E-state index in [0.29, 0.717) is 0 Å². The number of aryl methyl sites for hydroxylation is 1. The van der Waals surface area contributed by atoms with Crippen molar-refractivity contribution in [2.24, 2.45) is 0 Å². The van der Waals surface area contributed by atoms with Gasteiger partial charge in [0.2, 0.25) is 0 Å². The Morgan fingerprint density at radius 2 is 2.29 bits per heavy atom. The predicted octanol–water partition coefficient (Wildman–Crippen LogP) is 2.42. The number of anilines is 2. The van der Waals surface area contributed by atoms with E-state index in [-0.39, 0.29) is 6.04 Å². The lowest BCUT2D eigenvalue weighted by molar-refractivity contribution is 0.534. The second-order valence-electron chi connectivity index (χ2n) is 4.21. The van der Waals surface area contributed by atoms with Crippen LogP contribution in [-0.2, 0) is 6.54 Å². The average Bonchev–Trinajstić information content (AvgIpc) is 2.87. The van der Waals surface area contributed by atoms with E-state index in [4.69, 9.17) is 5.73 Å². The van der Waals surface area contributed by atoms with Gasteiger partial charge in [-0.15, -0.1) is 11.3 Å². The Morgan fingerprint density at radius 1 is 1.53 bits per heavy atom. The van der Waals surface area contributed by atoms with Crippen LogP contribution in [0.2, 0.25) is 0 Å². The van der Waals surface area contributed by atoms with Gasteiger partial charge >= 0.3 is 0 Å². The molecule has 0 saturated carbocycles. The van der Waals surface area contributed by atoms with Crippen molar-refractivity contribution in [1.82, 2.24) is 14.8 Å². The standard InChI is InChI=1S/C11H17N5S/c1-7(2)16-11(10(12)8(3)15-16)14-5-9-4-13-6-17-9/h4,6-7,14H,5,12H2,1-3H3. The van der Waals surface area contributed by atoms with Crippen molar-refractivity contribution in [3.63, 3.8) is 0 Å². The second-order valence-corrected chi connectivity index (χ2v) is 5.18. The smallest absolute Gasteiger partial charge is 0.148 e. The maximum atomic E-state index is 6.02.